The van der Waals surface area contributed by atoms with Crippen LogP contribution in [0, 0.1) is 10.5 Å². The fourth-order valence-electron chi connectivity index (χ4n) is 3.37. The number of hydrogen-bond acceptors (Lipinski definition) is 10. The molecule has 1 saturated heterocycles. The quantitative estimate of drug-likeness (QED) is 0.322. The number of halogens is 1. The lowest BCUT2D eigenvalue weighted by Gasteiger charge is -2.19. The van der Waals surface area contributed by atoms with Crippen molar-refractivity contribution in [1.82, 2.24) is 40.4 Å². The molecular weight excluding hydrogens is 525 g/mol. The monoisotopic (exact) mass is 549 g/mol. The highest BCUT2D eigenvalue weighted by atomic mass is 127. The van der Waals surface area contributed by atoms with E-state index in [0.717, 1.165) is 22.2 Å². The minimum atomic E-state index is -0.214. The number of aryl methyl sites for hydroxylation is 1. The van der Waals surface area contributed by atoms with Gasteiger partial charge in [0.2, 0.25) is 23.8 Å². The van der Waals surface area contributed by atoms with E-state index in [1.165, 1.54) is 6.92 Å². The lowest BCUT2D eigenvalue weighted by atomic mass is 10.3. The topological polar surface area (TPSA) is 150 Å². The van der Waals surface area contributed by atoms with E-state index in [0.29, 0.717) is 36.0 Å². The van der Waals surface area contributed by atoms with Crippen LogP contribution >= 0.6 is 22.6 Å². The van der Waals surface area contributed by atoms with Crippen molar-refractivity contribution in [3.05, 3.63) is 33.5 Å². The summed E-state index contributed by atoms with van der Waals surface area (Å²) in [6.07, 6.45) is 4.35. The van der Waals surface area contributed by atoms with Gasteiger partial charge in [0.1, 0.15) is 5.82 Å². The number of nitrogens with one attached hydrogen (secondary N) is 4. The van der Waals surface area contributed by atoms with Gasteiger partial charge in [0.05, 0.1) is 6.04 Å². The molecule has 3 aromatic rings. The van der Waals surface area contributed by atoms with Gasteiger partial charge in [0, 0.05) is 53.8 Å². The molecule has 4 heterocycles. The molecule has 13 heteroatoms. The van der Waals surface area contributed by atoms with Gasteiger partial charge in [-0.05, 0) is 42.9 Å². The third-order valence-corrected chi connectivity index (χ3v) is 5.38. The SMILES string of the molecule is CC(=O)N[C@H]1CCN(c2nc(Nc3cc(C)[nH]n3)nc(N[C@@H](C)c3ncc(I)cn3)n2)C1. The van der Waals surface area contributed by atoms with Gasteiger partial charge < -0.3 is 20.9 Å². The third kappa shape index (κ3) is 5.57. The number of amides is 1. The van der Waals surface area contributed by atoms with E-state index in [4.69, 9.17) is 0 Å². The number of aromatic nitrogens is 7. The molecule has 1 aliphatic rings. The number of anilines is 4. The molecule has 0 saturated carbocycles. The van der Waals surface area contributed by atoms with Crippen molar-refractivity contribution in [2.75, 3.05) is 28.6 Å². The van der Waals surface area contributed by atoms with Crippen LogP contribution in [0.5, 0.6) is 0 Å². The van der Waals surface area contributed by atoms with Crippen molar-refractivity contribution < 1.29 is 4.79 Å². The Hall–Kier alpha value is -3.10. The predicted octanol–water partition coefficient (Wildman–Crippen LogP) is 1.93. The molecule has 1 aliphatic heterocycles. The van der Waals surface area contributed by atoms with Crippen LogP contribution in [0.3, 0.4) is 0 Å². The summed E-state index contributed by atoms with van der Waals surface area (Å²) in [5.74, 6) is 2.47. The Morgan fingerprint density at radius 1 is 1.25 bits per heavy atom. The van der Waals surface area contributed by atoms with Crippen LogP contribution in [0.25, 0.3) is 0 Å². The minimum Gasteiger partial charge on any atom is -0.352 e. The highest BCUT2D eigenvalue weighted by Crippen LogP contribution is 2.22. The zero-order valence-corrected chi connectivity index (χ0v) is 20.1. The fourth-order valence-corrected chi connectivity index (χ4v) is 3.65. The van der Waals surface area contributed by atoms with Gasteiger partial charge in [0.15, 0.2) is 5.82 Å². The first kappa shape index (κ1) is 22.1. The van der Waals surface area contributed by atoms with Gasteiger partial charge in [-0.25, -0.2) is 9.97 Å². The lowest BCUT2D eigenvalue weighted by Crippen LogP contribution is -2.36. The second-order valence-electron chi connectivity index (χ2n) is 7.60. The molecular formula is C19H24IN11O. The Morgan fingerprint density at radius 2 is 2.00 bits per heavy atom. The summed E-state index contributed by atoms with van der Waals surface area (Å²) in [6.45, 7) is 6.73. The Bertz CT molecular complexity index is 1090. The highest BCUT2D eigenvalue weighted by Gasteiger charge is 2.26. The number of H-pyrrole nitrogens is 1. The minimum absolute atomic E-state index is 0.0440. The van der Waals surface area contributed by atoms with Crippen molar-refractivity contribution in [1.29, 1.82) is 0 Å². The lowest BCUT2D eigenvalue weighted by molar-refractivity contribution is -0.119. The maximum atomic E-state index is 11.4. The first-order valence-electron chi connectivity index (χ1n) is 10.2. The van der Waals surface area contributed by atoms with Crippen LogP contribution in [0.2, 0.25) is 0 Å². The zero-order valence-electron chi connectivity index (χ0n) is 17.9. The molecule has 12 nitrogen and oxygen atoms in total. The number of hydrogen-bond donors (Lipinski definition) is 4. The molecule has 0 aliphatic carbocycles. The van der Waals surface area contributed by atoms with Crippen LogP contribution in [-0.2, 0) is 4.79 Å². The number of carbonyl (C=O) groups excluding carboxylic acids is 1. The Labute approximate surface area is 198 Å². The predicted molar refractivity (Wildman–Crippen MR) is 128 cm³/mol. The number of carbonyl (C=O) groups is 1. The molecule has 0 unspecified atom stereocenters. The molecule has 4 rings (SSSR count). The van der Waals surface area contributed by atoms with Crippen molar-refractivity contribution in [2.24, 2.45) is 0 Å². The molecule has 1 fully saturated rings. The second kappa shape index (κ2) is 9.58. The van der Waals surface area contributed by atoms with Crippen LogP contribution in [0.4, 0.5) is 23.7 Å². The molecule has 4 N–H and O–H groups in total. The molecule has 168 valence electrons. The number of rotatable bonds is 7. The van der Waals surface area contributed by atoms with Gasteiger partial charge in [0.25, 0.3) is 0 Å². The van der Waals surface area contributed by atoms with E-state index >= 15 is 0 Å². The van der Waals surface area contributed by atoms with Crippen molar-refractivity contribution in [2.45, 2.75) is 39.3 Å². The average Bonchev–Trinajstić information content (AvgIpc) is 3.36. The summed E-state index contributed by atoms with van der Waals surface area (Å²) in [5.41, 5.74) is 0.919. The molecule has 0 bridgehead atoms. The van der Waals surface area contributed by atoms with Crippen LogP contribution in [0.15, 0.2) is 18.5 Å². The largest absolute Gasteiger partial charge is 0.352 e. The molecule has 2 atom stereocenters. The maximum Gasteiger partial charge on any atom is 0.235 e. The van der Waals surface area contributed by atoms with Gasteiger partial charge in [-0.3, -0.25) is 9.89 Å². The standard InChI is InChI=1S/C19H24IN11O/c1-10-6-15(30-29-10)25-18-26-17(23-11(2)16-21-7-13(20)8-22-16)27-19(28-18)31-5-4-14(9-31)24-12(3)32/h6-8,11,14H,4-5,9H2,1-3H3,(H,24,32)(H3,23,25,26,27,28,29,30)/t11-,14-/m0/s1. The molecule has 0 aromatic carbocycles. The summed E-state index contributed by atoms with van der Waals surface area (Å²) in [7, 11) is 0. The summed E-state index contributed by atoms with van der Waals surface area (Å²) in [6, 6.07) is 1.71. The zero-order chi connectivity index (χ0) is 22.7. The fraction of sp³-hybridized carbons (Fsp3) is 0.421. The van der Waals surface area contributed by atoms with E-state index in [2.05, 4.69) is 73.7 Å². The number of aromatic amines is 1. The van der Waals surface area contributed by atoms with E-state index in [1.807, 2.05) is 24.8 Å². The van der Waals surface area contributed by atoms with Crippen LogP contribution in [0.1, 0.15) is 37.8 Å². The van der Waals surface area contributed by atoms with Gasteiger partial charge >= 0.3 is 0 Å². The van der Waals surface area contributed by atoms with Crippen LogP contribution < -0.4 is 20.9 Å². The Kier molecular flexibility index (Phi) is 6.62. The highest BCUT2D eigenvalue weighted by molar-refractivity contribution is 14.1. The Balaban J connectivity index is 1.58. The summed E-state index contributed by atoms with van der Waals surface area (Å²) >= 11 is 2.17. The number of nitrogens with zero attached hydrogens (tertiary/aromatic N) is 7. The van der Waals surface area contributed by atoms with E-state index in [9.17, 15) is 4.79 Å². The summed E-state index contributed by atoms with van der Waals surface area (Å²) < 4.78 is 0.963. The summed E-state index contributed by atoms with van der Waals surface area (Å²) in [5, 5.41) is 16.4. The van der Waals surface area contributed by atoms with E-state index < -0.39 is 0 Å². The first-order chi connectivity index (χ1) is 15.4. The van der Waals surface area contributed by atoms with E-state index in [1.54, 1.807) is 12.4 Å². The van der Waals surface area contributed by atoms with Gasteiger partial charge in [-0.15, -0.1) is 0 Å². The smallest absolute Gasteiger partial charge is 0.235 e. The van der Waals surface area contributed by atoms with Gasteiger partial charge in [-0.2, -0.15) is 20.1 Å². The molecule has 1 amide bonds. The summed E-state index contributed by atoms with van der Waals surface area (Å²) in [4.78, 5) is 35.9. The maximum absolute atomic E-state index is 11.4. The van der Waals surface area contributed by atoms with E-state index in [-0.39, 0.29) is 18.0 Å². The normalized spacial score (nSPS) is 16.6. The average molecular weight is 549 g/mol. The first-order valence-corrected chi connectivity index (χ1v) is 11.2. The third-order valence-electron chi connectivity index (χ3n) is 4.82. The van der Waals surface area contributed by atoms with Crippen molar-refractivity contribution >= 4 is 52.2 Å². The van der Waals surface area contributed by atoms with Crippen LogP contribution in [-0.4, -0.2) is 60.2 Å². The molecule has 0 radical (unpaired) electrons. The molecule has 32 heavy (non-hydrogen) atoms. The molecule has 3 aromatic heterocycles. The molecule has 0 spiro atoms. The van der Waals surface area contributed by atoms with Gasteiger partial charge in [-0.1, -0.05) is 0 Å². The van der Waals surface area contributed by atoms with Crippen molar-refractivity contribution in [3.8, 4) is 0 Å². The van der Waals surface area contributed by atoms with Crippen molar-refractivity contribution in [3.63, 3.8) is 0 Å². The Morgan fingerprint density at radius 3 is 2.69 bits per heavy atom. The second-order valence-corrected chi connectivity index (χ2v) is 8.85.